The van der Waals surface area contributed by atoms with Crippen molar-refractivity contribution in [2.75, 3.05) is 26.2 Å². The number of para-hydroxylation sites is 1. The third-order valence-corrected chi connectivity index (χ3v) is 8.07. The second kappa shape index (κ2) is 9.06. The van der Waals surface area contributed by atoms with Crippen LogP contribution in [-0.2, 0) is 24.4 Å². The lowest BCUT2D eigenvalue weighted by Crippen LogP contribution is -2.47. The molecule has 2 fully saturated rings. The Morgan fingerprint density at radius 1 is 0.971 bits per heavy atom. The number of hydrogen-bond acceptors (Lipinski definition) is 3. The van der Waals surface area contributed by atoms with Crippen LogP contribution in [0.25, 0.3) is 10.9 Å². The van der Waals surface area contributed by atoms with E-state index in [1.165, 1.54) is 28.6 Å². The number of amides is 1. The molecular weight excluding hydrogens is 424 g/mol. The van der Waals surface area contributed by atoms with E-state index in [1.807, 2.05) is 15.5 Å². The van der Waals surface area contributed by atoms with E-state index in [1.54, 1.807) is 6.07 Å². The Hall–Kier alpha value is -2.86. The summed E-state index contributed by atoms with van der Waals surface area (Å²) < 4.78 is 4.40. The molecule has 0 aliphatic carbocycles. The molecule has 3 aliphatic heterocycles. The number of pyridine rings is 1. The van der Waals surface area contributed by atoms with Crippen molar-refractivity contribution in [1.29, 1.82) is 0 Å². The second-order valence-electron chi connectivity index (χ2n) is 10.5. The molecule has 0 saturated carbocycles. The SMILES string of the molecule is O=C(CCCc1cn(CN2C[C@@H]3C[C@H](C2)c2cccc(=O)n2C3)c2ccccc12)N1CCCC1. The number of fused-ring (bicyclic) bond motifs is 5. The molecule has 178 valence electrons. The molecule has 1 amide bonds. The van der Waals surface area contributed by atoms with E-state index in [4.69, 9.17) is 0 Å². The van der Waals surface area contributed by atoms with Gasteiger partial charge in [-0.05, 0) is 55.7 Å². The molecule has 2 bridgehead atoms. The Balaban J connectivity index is 1.17. The normalized spacial score (nSPS) is 22.3. The third-order valence-electron chi connectivity index (χ3n) is 8.07. The summed E-state index contributed by atoms with van der Waals surface area (Å²) in [7, 11) is 0. The van der Waals surface area contributed by atoms with Gasteiger partial charge in [-0.25, -0.2) is 0 Å². The van der Waals surface area contributed by atoms with Gasteiger partial charge in [0.1, 0.15) is 0 Å². The molecule has 0 N–H and O–H groups in total. The first-order chi connectivity index (χ1) is 16.7. The maximum atomic E-state index is 12.5. The molecular formula is C28H34N4O2. The molecule has 0 unspecified atom stereocenters. The summed E-state index contributed by atoms with van der Waals surface area (Å²) in [5.41, 5.74) is 3.97. The second-order valence-corrected chi connectivity index (χ2v) is 10.5. The number of nitrogens with zero attached hydrogens (tertiary/aromatic N) is 4. The van der Waals surface area contributed by atoms with Gasteiger partial charge in [-0.2, -0.15) is 0 Å². The van der Waals surface area contributed by atoms with Gasteiger partial charge in [0.15, 0.2) is 0 Å². The average molecular weight is 459 g/mol. The van der Waals surface area contributed by atoms with Gasteiger partial charge >= 0.3 is 0 Å². The monoisotopic (exact) mass is 458 g/mol. The number of likely N-dealkylation sites (tertiary alicyclic amines) is 2. The van der Waals surface area contributed by atoms with Crippen LogP contribution in [-0.4, -0.2) is 51.0 Å². The Labute approximate surface area is 200 Å². The highest BCUT2D eigenvalue weighted by Crippen LogP contribution is 2.35. The minimum Gasteiger partial charge on any atom is -0.343 e. The standard InChI is InChI=1S/C28H34N4O2/c33-27(30-13-3-4-14-30)11-5-7-22-19-31(26-9-2-1-8-24(22)26)20-29-16-21-15-23(18-29)25-10-6-12-28(34)32(25)17-21/h1-2,6,8-10,12,19,21,23H,3-5,7,11,13-18,20H2/t21-,23+/m0/s1. The van der Waals surface area contributed by atoms with Gasteiger partial charge in [0.25, 0.3) is 5.56 Å². The van der Waals surface area contributed by atoms with E-state index in [0.717, 1.165) is 65.1 Å². The number of aromatic nitrogens is 2. The van der Waals surface area contributed by atoms with Crippen LogP contribution in [0.15, 0.2) is 53.5 Å². The smallest absolute Gasteiger partial charge is 0.250 e. The first kappa shape index (κ1) is 21.7. The predicted molar refractivity (Wildman–Crippen MR) is 134 cm³/mol. The van der Waals surface area contributed by atoms with Crippen molar-refractivity contribution in [3.05, 3.63) is 70.3 Å². The number of benzene rings is 1. The van der Waals surface area contributed by atoms with Crippen LogP contribution in [0.5, 0.6) is 0 Å². The van der Waals surface area contributed by atoms with Gasteiger partial charge in [0.2, 0.25) is 5.91 Å². The maximum Gasteiger partial charge on any atom is 0.250 e. The summed E-state index contributed by atoms with van der Waals surface area (Å²) >= 11 is 0. The van der Waals surface area contributed by atoms with Crippen LogP contribution in [0, 0.1) is 5.92 Å². The van der Waals surface area contributed by atoms with Gasteiger partial charge in [0, 0.05) is 73.9 Å². The Kier molecular flexibility index (Phi) is 5.77. The van der Waals surface area contributed by atoms with Gasteiger partial charge in [-0.3, -0.25) is 14.5 Å². The largest absolute Gasteiger partial charge is 0.343 e. The number of piperidine rings is 1. The number of aryl methyl sites for hydroxylation is 1. The lowest BCUT2D eigenvalue weighted by molar-refractivity contribution is -0.130. The van der Waals surface area contributed by atoms with E-state index in [0.29, 0.717) is 24.2 Å². The van der Waals surface area contributed by atoms with Gasteiger partial charge < -0.3 is 14.0 Å². The van der Waals surface area contributed by atoms with Crippen LogP contribution < -0.4 is 5.56 Å². The highest BCUT2D eigenvalue weighted by molar-refractivity contribution is 5.84. The fourth-order valence-corrected chi connectivity index (χ4v) is 6.52. The molecule has 1 aromatic carbocycles. The molecule has 6 rings (SSSR count). The highest BCUT2D eigenvalue weighted by Gasteiger charge is 2.34. The summed E-state index contributed by atoms with van der Waals surface area (Å²) in [4.78, 5) is 29.4. The molecule has 5 heterocycles. The molecule has 2 saturated heterocycles. The highest BCUT2D eigenvalue weighted by atomic mass is 16.2. The minimum atomic E-state index is 0.143. The zero-order valence-electron chi connectivity index (χ0n) is 19.9. The minimum absolute atomic E-state index is 0.143. The Morgan fingerprint density at radius 2 is 1.82 bits per heavy atom. The number of carbonyl (C=O) groups excluding carboxylic acids is 1. The zero-order chi connectivity index (χ0) is 23.1. The summed E-state index contributed by atoms with van der Waals surface area (Å²) in [6, 6.07) is 14.4. The fraction of sp³-hybridized carbons (Fsp3) is 0.500. The molecule has 0 radical (unpaired) electrons. The van der Waals surface area contributed by atoms with E-state index < -0.39 is 0 Å². The van der Waals surface area contributed by atoms with Gasteiger partial charge in [0.05, 0.1) is 6.67 Å². The predicted octanol–water partition coefficient (Wildman–Crippen LogP) is 3.82. The third kappa shape index (κ3) is 4.09. The van der Waals surface area contributed by atoms with Crippen molar-refractivity contribution < 1.29 is 4.79 Å². The van der Waals surface area contributed by atoms with Gasteiger partial charge in [-0.1, -0.05) is 24.3 Å². The van der Waals surface area contributed by atoms with Crippen LogP contribution in [0.4, 0.5) is 0 Å². The van der Waals surface area contributed by atoms with E-state index in [9.17, 15) is 9.59 Å². The fourth-order valence-electron chi connectivity index (χ4n) is 6.52. The maximum absolute atomic E-state index is 12.5. The average Bonchev–Trinajstić information content (AvgIpc) is 3.49. The number of carbonyl (C=O) groups is 1. The van der Waals surface area contributed by atoms with Crippen LogP contribution >= 0.6 is 0 Å². The number of rotatable bonds is 6. The van der Waals surface area contributed by atoms with Crippen molar-refractivity contribution in [2.24, 2.45) is 5.92 Å². The molecule has 2 aromatic heterocycles. The van der Waals surface area contributed by atoms with Crippen molar-refractivity contribution in [3.63, 3.8) is 0 Å². The quantitative estimate of drug-likeness (QED) is 0.564. The van der Waals surface area contributed by atoms with Crippen molar-refractivity contribution in [2.45, 2.75) is 57.7 Å². The van der Waals surface area contributed by atoms with E-state index >= 15 is 0 Å². The van der Waals surface area contributed by atoms with Crippen LogP contribution in [0.1, 0.15) is 49.3 Å². The Morgan fingerprint density at radius 3 is 2.71 bits per heavy atom. The number of hydrogen-bond donors (Lipinski definition) is 0. The lowest BCUT2D eigenvalue weighted by atomic mass is 9.83. The first-order valence-electron chi connectivity index (χ1n) is 12.9. The van der Waals surface area contributed by atoms with E-state index in [-0.39, 0.29) is 5.56 Å². The van der Waals surface area contributed by atoms with Crippen LogP contribution in [0.3, 0.4) is 0 Å². The van der Waals surface area contributed by atoms with Crippen molar-refractivity contribution >= 4 is 16.8 Å². The molecule has 3 aliphatic rings. The zero-order valence-corrected chi connectivity index (χ0v) is 19.9. The topological polar surface area (TPSA) is 50.5 Å². The Bertz CT molecular complexity index is 1250. The van der Waals surface area contributed by atoms with Crippen molar-refractivity contribution in [1.82, 2.24) is 18.9 Å². The molecule has 6 nitrogen and oxygen atoms in total. The molecule has 6 heteroatoms. The van der Waals surface area contributed by atoms with E-state index in [2.05, 4.69) is 46.0 Å². The van der Waals surface area contributed by atoms with Crippen molar-refractivity contribution in [3.8, 4) is 0 Å². The molecule has 3 aromatic rings. The summed E-state index contributed by atoms with van der Waals surface area (Å²) in [5, 5.41) is 1.31. The summed E-state index contributed by atoms with van der Waals surface area (Å²) in [6.45, 7) is 5.61. The molecule has 34 heavy (non-hydrogen) atoms. The summed E-state index contributed by atoms with van der Waals surface area (Å²) in [6.07, 6.45) is 8.29. The lowest BCUT2D eigenvalue weighted by Gasteiger charge is -2.42. The van der Waals surface area contributed by atoms with Crippen LogP contribution in [0.2, 0.25) is 0 Å². The summed E-state index contributed by atoms with van der Waals surface area (Å²) in [5.74, 6) is 1.28. The molecule has 0 spiro atoms. The first-order valence-corrected chi connectivity index (χ1v) is 12.9. The molecule has 2 atom stereocenters. The van der Waals surface area contributed by atoms with Gasteiger partial charge in [-0.15, -0.1) is 0 Å².